The van der Waals surface area contributed by atoms with Crippen LogP contribution in [0.4, 0.5) is 0 Å². The molecule has 0 N–H and O–H groups in total. The van der Waals surface area contributed by atoms with E-state index in [0.29, 0.717) is 0 Å². The fraction of sp³-hybridized carbons (Fsp3) is 0.773. The van der Waals surface area contributed by atoms with Crippen molar-refractivity contribution in [1.29, 1.82) is 0 Å². The highest BCUT2D eigenvalue weighted by molar-refractivity contribution is 5.78. The van der Waals surface area contributed by atoms with Gasteiger partial charge in [0.1, 0.15) is 6.61 Å². The Hall–Kier alpha value is -1.05. The molecule has 0 aromatic carbocycles. The molecule has 2 heteroatoms. The molecule has 24 heavy (non-hydrogen) atoms. The molecule has 1 heterocycles. The van der Waals surface area contributed by atoms with Crippen LogP contribution < -0.4 is 0 Å². The predicted molar refractivity (Wildman–Crippen MR) is 105 cm³/mol. The molecular weight excluding hydrogens is 294 g/mol. The van der Waals surface area contributed by atoms with E-state index in [-0.39, 0.29) is 5.54 Å². The summed E-state index contributed by atoms with van der Waals surface area (Å²) >= 11 is 0. The lowest BCUT2D eigenvalue weighted by Gasteiger charge is -2.18. The van der Waals surface area contributed by atoms with Crippen LogP contribution in [0.5, 0.6) is 0 Å². The van der Waals surface area contributed by atoms with Crippen LogP contribution in [0.15, 0.2) is 28.8 Å². The minimum absolute atomic E-state index is 0.00395. The van der Waals surface area contributed by atoms with Gasteiger partial charge in [-0.3, -0.25) is 0 Å². The van der Waals surface area contributed by atoms with Gasteiger partial charge in [0.05, 0.1) is 5.54 Å². The fourth-order valence-corrected chi connectivity index (χ4v) is 3.63. The van der Waals surface area contributed by atoms with Gasteiger partial charge in [0.25, 0.3) is 0 Å². The van der Waals surface area contributed by atoms with E-state index in [9.17, 15) is 0 Å². The maximum Gasteiger partial charge on any atom is 0.183 e. The third-order valence-electron chi connectivity index (χ3n) is 5.08. The van der Waals surface area contributed by atoms with E-state index in [1.165, 1.54) is 64.2 Å². The molecule has 0 radical (unpaired) electrons. The molecule has 1 atom stereocenters. The number of unbranched alkanes of at least 4 members (excludes halogenated alkanes) is 5. The van der Waals surface area contributed by atoms with Crippen molar-refractivity contribution in [2.24, 2.45) is 10.9 Å². The van der Waals surface area contributed by atoms with Gasteiger partial charge in [-0.15, -0.1) is 0 Å². The lowest BCUT2D eigenvalue weighted by Crippen LogP contribution is -2.17. The quantitative estimate of drug-likeness (QED) is 0.390. The first-order valence-corrected chi connectivity index (χ1v) is 10.2. The summed E-state index contributed by atoms with van der Waals surface area (Å²) in [6.07, 6.45) is 21.4. The van der Waals surface area contributed by atoms with E-state index in [4.69, 9.17) is 4.74 Å². The van der Waals surface area contributed by atoms with Crippen LogP contribution in [-0.2, 0) is 4.74 Å². The van der Waals surface area contributed by atoms with Gasteiger partial charge in [-0.2, -0.15) is 0 Å². The molecule has 2 nitrogen and oxygen atoms in total. The summed E-state index contributed by atoms with van der Waals surface area (Å²) in [7, 11) is 0. The lowest BCUT2D eigenvalue weighted by atomic mass is 9.87. The van der Waals surface area contributed by atoms with Gasteiger partial charge in [0.15, 0.2) is 5.90 Å². The second-order valence-electron chi connectivity index (χ2n) is 8.19. The Bertz CT molecular complexity index is 459. The average Bonchev–Trinajstić information content (AvgIpc) is 2.90. The zero-order valence-electron chi connectivity index (χ0n) is 16.2. The largest absolute Gasteiger partial charge is 0.478 e. The Morgan fingerprint density at radius 3 is 2.58 bits per heavy atom. The van der Waals surface area contributed by atoms with Crippen molar-refractivity contribution in [2.45, 2.75) is 96.9 Å². The second kappa shape index (κ2) is 10.1. The van der Waals surface area contributed by atoms with Gasteiger partial charge in [-0.05, 0) is 51.9 Å². The van der Waals surface area contributed by atoms with Crippen LogP contribution in [0.25, 0.3) is 0 Å². The van der Waals surface area contributed by atoms with E-state index in [2.05, 4.69) is 44.0 Å². The molecule has 2 aliphatic rings. The van der Waals surface area contributed by atoms with Crippen LogP contribution in [0.3, 0.4) is 0 Å². The van der Waals surface area contributed by atoms with Gasteiger partial charge in [-0.1, -0.05) is 62.8 Å². The van der Waals surface area contributed by atoms with Crippen LogP contribution in [-0.4, -0.2) is 18.0 Å². The summed E-state index contributed by atoms with van der Waals surface area (Å²) in [6, 6.07) is 0. The highest BCUT2D eigenvalue weighted by atomic mass is 16.5. The third kappa shape index (κ3) is 7.23. The van der Waals surface area contributed by atoms with Gasteiger partial charge in [0, 0.05) is 6.42 Å². The normalized spacial score (nSPS) is 22.2. The monoisotopic (exact) mass is 331 g/mol. The zero-order chi connectivity index (χ0) is 17.3. The van der Waals surface area contributed by atoms with Crippen molar-refractivity contribution in [3.8, 4) is 0 Å². The van der Waals surface area contributed by atoms with E-state index in [0.717, 1.165) is 24.8 Å². The Kier molecular flexibility index (Phi) is 8.08. The molecule has 1 aliphatic heterocycles. The zero-order valence-corrected chi connectivity index (χ0v) is 16.2. The molecule has 0 saturated heterocycles. The molecule has 1 aliphatic carbocycles. The SMILES string of the molecule is CCCCCC1C=CC=C(CCCCCCC2=NC(C)(C)CO2)C1. The van der Waals surface area contributed by atoms with Gasteiger partial charge < -0.3 is 4.74 Å². The van der Waals surface area contributed by atoms with Crippen LogP contribution in [0.2, 0.25) is 0 Å². The lowest BCUT2D eigenvalue weighted by molar-refractivity contribution is 0.273. The highest BCUT2D eigenvalue weighted by Crippen LogP contribution is 2.27. The number of hydrogen-bond donors (Lipinski definition) is 0. The first-order chi connectivity index (χ1) is 11.6. The summed E-state index contributed by atoms with van der Waals surface area (Å²) in [4.78, 5) is 4.63. The van der Waals surface area contributed by atoms with Crippen molar-refractivity contribution in [3.05, 3.63) is 23.8 Å². The summed E-state index contributed by atoms with van der Waals surface area (Å²) in [5, 5.41) is 0. The standard InChI is InChI=1S/C22H37NO/c1-4-5-8-12-19-14-11-15-20(17-19)13-9-6-7-10-16-21-23-22(2,3)18-24-21/h11,14-15,19H,4-10,12-13,16-18H2,1-3H3. The molecule has 0 bridgehead atoms. The summed E-state index contributed by atoms with van der Waals surface area (Å²) in [5.74, 6) is 1.78. The molecule has 136 valence electrons. The predicted octanol–water partition coefficient (Wildman–Crippen LogP) is 6.62. The average molecular weight is 332 g/mol. The Labute approximate surface area is 149 Å². The van der Waals surface area contributed by atoms with E-state index in [1.54, 1.807) is 5.57 Å². The van der Waals surface area contributed by atoms with Crippen LogP contribution >= 0.6 is 0 Å². The molecular formula is C22H37NO. The van der Waals surface area contributed by atoms with Crippen molar-refractivity contribution in [1.82, 2.24) is 0 Å². The number of hydrogen-bond acceptors (Lipinski definition) is 2. The first-order valence-electron chi connectivity index (χ1n) is 10.2. The fourth-order valence-electron chi connectivity index (χ4n) is 3.63. The Morgan fingerprint density at radius 2 is 1.88 bits per heavy atom. The minimum Gasteiger partial charge on any atom is -0.478 e. The molecule has 0 amide bonds. The first kappa shape index (κ1) is 19.3. The van der Waals surface area contributed by atoms with Crippen molar-refractivity contribution >= 4 is 5.90 Å². The van der Waals surface area contributed by atoms with Gasteiger partial charge in [0.2, 0.25) is 0 Å². The van der Waals surface area contributed by atoms with Gasteiger partial charge in [-0.25, -0.2) is 4.99 Å². The summed E-state index contributed by atoms with van der Waals surface area (Å²) < 4.78 is 5.66. The van der Waals surface area contributed by atoms with Crippen molar-refractivity contribution in [3.63, 3.8) is 0 Å². The summed E-state index contributed by atoms with van der Waals surface area (Å²) in [6.45, 7) is 7.32. The smallest absolute Gasteiger partial charge is 0.183 e. The molecule has 0 fully saturated rings. The van der Waals surface area contributed by atoms with Crippen LogP contribution in [0.1, 0.15) is 91.4 Å². The third-order valence-corrected chi connectivity index (χ3v) is 5.08. The van der Waals surface area contributed by atoms with E-state index < -0.39 is 0 Å². The van der Waals surface area contributed by atoms with E-state index >= 15 is 0 Å². The molecule has 0 spiro atoms. The molecule has 2 rings (SSSR count). The summed E-state index contributed by atoms with van der Waals surface area (Å²) in [5.41, 5.74) is 1.67. The maximum absolute atomic E-state index is 5.66. The number of ether oxygens (including phenoxy) is 1. The second-order valence-corrected chi connectivity index (χ2v) is 8.19. The Morgan fingerprint density at radius 1 is 1.08 bits per heavy atom. The molecule has 0 saturated carbocycles. The van der Waals surface area contributed by atoms with Gasteiger partial charge >= 0.3 is 0 Å². The van der Waals surface area contributed by atoms with Crippen LogP contribution in [0, 0.1) is 5.92 Å². The highest BCUT2D eigenvalue weighted by Gasteiger charge is 2.25. The minimum atomic E-state index is 0.00395. The number of nitrogens with zero attached hydrogens (tertiary/aromatic N) is 1. The molecule has 1 unspecified atom stereocenters. The topological polar surface area (TPSA) is 21.6 Å². The maximum atomic E-state index is 5.66. The number of rotatable bonds is 11. The molecule has 0 aromatic heterocycles. The number of aliphatic imine (C=N–C) groups is 1. The van der Waals surface area contributed by atoms with E-state index in [1.807, 2.05) is 0 Å². The Balaban J connectivity index is 1.52. The molecule has 0 aromatic rings. The van der Waals surface area contributed by atoms with Crippen molar-refractivity contribution in [2.75, 3.05) is 6.61 Å². The number of allylic oxidation sites excluding steroid dienone is 4. The van der Waals surface area contributed by atoms with Crippen molar-refractivity contribution < 1.29 is 4.74 Å².